The van der Waals surface area contributed by atoms with Gasteiger partial charge >= 0.3 is 5.97 Å². The van der Waals surface area contributed by atoms with Crippen molar-refractivity contribution in [2.75, 3.05) is 65.7 Å². The summed E-state index contributed by atoms with van der Waals surface area (Å²) < 4.78 is 17.4. The fourth-order valence-electron chi connectivity index (χ4n) is 4.34. The van der Waals surface area contributed by atoms with E-state index in [4.69, 9.17) is 14.2 Å². The molecule has 3 heterocycles. The molecule has 0 aromatic carbocycles. The van der Waals surface area contributed by atoms with Crippen LogP contribution < -0.4 is 5.32 Å². The quantitative estimate of drug-likeness (QED) is 0.506. The number of morpholine rings is 1. The fourth-order valence-corrected chi connectivity index (χ4v) is 4.34. The third kappa shape index (κ3) is 4.84. The first kappa shape index (κ1) is 21.9. The van der Waals surface area contributed by atoms with Crippen LogP contribution in [0.3, 0.4) is 0 Å². The maximum atomic E-state index is 12.7. The average Bonchev–Trinajstić information content (AvgIpc) is 3.13. The van der Waals surface area contributed by atoms with E-state index >= 15 is 0 Å². The molecular weight excluding hydrogens is 364 g/mol. The Morgan fingerprint density at radius 3 is 2.68 bits per heavy atom. The van der Waals surface area contributed by atoms with Crippen LogP contribution >= 0.6 is 0 Å². The maximum absolute atomic E-state index is 12.7. The van der Waals surface area contributed by atoms with Crippen molar-refractivity contribution < 1.29 is 24.1 Å². The van der Waals surface area contributed by atoms with Gasteiger partial charge in [-0.15, -0.1) is 0 Å². The van der Waals surface area contributed by atoms with Crippen LogP contribution in [0.5, 0.6) is 0 Å². The molecule has 0 radical (unpaired) electrons. The second kappa shape index (κ2) is 10.3. The highest BCUT2D eigenvalue weighted by Crippen LogP contribution is 2.31. The largest absolute Gasteiger partial charge is 0.377 e. The molecule has 3 fully saturated rings. The van der Waals surface area contributed by atoms with E-state index in [9.17, 15) is 9.90 Å². The number of amides is 1. The molecule has 9 heteroatoms. The summed E-state index contributed by atoms with van der Waals surface area (Å²) in [7, 11) is 0. The van der Waals surface area contributed by atoms with Crippen molar-refractivity contribution in [2.45, 2.75) is 51.4 Å². The van der Waals surface area contributed by atoms with Gasteiger partial charge in [0.25, 0.3) is 0 Å². The topological polar surface area (TPSA) is 86.7 Å². The molecule has 3 saturated heterocycles. The molecule has 0 saturated carbocycles. The highest BCUT2D eigenvalue weighted by Gasteiger charge is 2.52. The second-order valence-corrected chi connectivity index (χ2v) is 7.56. The Kier molecular flexibility index (Phi) is 8.04. The predicted octanol–water partition coefficient (Wildman–Crippen LogP) is -0.392. The van der Waals surface area contributed by atoms with Gasteiger partial charge in [-0.25, -0.2) is 0 Å². The highest BCUT2D eigenvalue weighted by molar-refractivity contribution is 5.78. The zero-order chi connectivity index (χ0) is 20.0. The average molecular weight is 401 g/mol. The van der Waals surface area contributed by atoms with E-state index in [0.29, 0.717) is 45.9 Å². The molecule has 3 aliphatic heterocycles. The molecule has 28 heavy (non-hydrogen) atoms. The lowest BCUT2D eigenvalue weighted by Gasteiger charge is -2.52. The van der Waals surface area contributed by atoms with Crippen LogP contribution in [0, 0.1) is 0 Å². The summed E-state index contributed by atoms with van der Waals surface area (Å²) in [5.41, 5.74) is 0. The summed E-state index contributed by atoms with van der Waals surface area (Å²) in [6, 6.07) is 0. The van der Waals surface area contributed by atoms with Crippen LogP contribution in [-0.2, 0) is 19.0 Å². The van der Waals surface area contributed by atoms with Crippen LogP contribution in [0.15, 0.2) is 0 Å². The smallest absolute Gasteiger partial charge is 0.316 e. The van der Waals surface area contributed by atoms with Crippen molar-refractivity contribution in [3.8, 4) is 0 Å². The Morgan fingerprint density at radius 1 is 1.25 bits per heavy atom. The first-order chi connectivity index (χ1) is 13.6. The van der Waals surface area contributed by atoms with Gasteiger partial charge in [0.15, 0.2) is 6.17 Å². The summed E-state index contributed by atoms with van der Waals surface area (Å²) in [5, 5.41) is 14.9. The van der Waals surface area contributed by atoms with Crippen LogP contribution in [0.25, 0.3) is 0 Å². The summed E-state index contributed by atoms with van der Waals surface area (Å²) in [4.78, 5) is 18.9. The lowest BCUT2D eigenvalue weighted by atomic mass is 10.2. The summed E-state index contributed by atoms with van der Waals surface area (Å²) >= 11 is 0. The minimum absolute atomic E-state index is 0.0357. The van der Waals surface area contributed by atoms with Crippen LogP contribution in [0.1, 0.15) is 33.1 Å². The minimum atomic E-state index is -1.87. The molecule has 0 aromatic rings. The molecule has 9 nitrogen and oxygen atoms in total. The van der Waals surface area contributed by atoms with Crippen molar-refractivity contribution in [1.82, 2.24) is 20.0 Å². The summed E-state index contributed by atoms with van der Waals surface area (Å²) in [6.07, 6.45) is 1.30. The number of nitrogens with zero attached hydrogens (tertiary/aromatic N) is 3. The Labute approximate surface area is 167 Å². The molecule has 3 unspecified atom stereocenters. The van der Waals surface area contributed by atoms with E-state index in [0.717, 1.165) is 39.0 Å². The maximum Gasteiger partial charge on any atom is 0.316 e. The van der Waals surface area contributed by atoms with E-state index in [1.165, 1.54) is 0 Å². The van der Waals surface area contributed by atoms with E-state index in [1.54, 1.807) is 4.90 Å². The van der Waals surface area contributed by atoms with Gasteiger partial charge in [0.1, 0.15) is 0 Å². The molecule has 1 amide bonds. The summed E-state index contributed by atoms with van der Waals surface area (Å²) in [6.45, 7) is 10.4. The number of rotatable bonds is 9. The number of likely N-dealkylation sites (tertiary alicyclic amines) is 1. The normalized spacial score (nSPS) is 28.5. The molecule has 2 N–H and O–H groups in total. The predicted molar refractivity (Wildman–Crippen MR) is 103 cm³/mol. The fraction of sp³-hybridized carbons (Fsp3) is 0.947. The third-order valence-corrected chi connectivity index (χ3v) is 5.63. The standard InChI is InChI=1S/C19H36N4O5/c1-3-13-28-19(25,27-4-2)18(23-9-5-6-17(23)24)22-12-14-26-15-16(22)21-10-7-20-8-11-21/h16,18,20,25H,3-15H2,1-2H3. The zero-order valence-electron chi connectivity index (χ0n) is 17.3. The molecule has 3 aliphatic rings. The van der Waals surface area contributed by atoms with Crippen LogP contribution in [0.4, 0.5) is 0 Å². The van der Waals surface area contributed by atoms with Crippen molar-refractivity contribution in [1.29, 1.82) is 0 Å². The van der Waals surface area contributed by atoms with Gasteiger partial charge in [-0.2, -0.15) is 0 Å². The molecule has 0 aliphatic carbocycles. The minimum Gasteiger partial charge on any atom is -0.377 e. The lowest BCUT2D eigenvalue weighted by molar-refractivity contribution is -0.405. The molecule has 0 bridgehead atoms. The molecule has 3 rings (SSSR count). The molecule has 3 atom stereocenters. The Bertz CT molecular complexity index is 505. The second-order valence-electron chi connectivity index (χ2n) is 7.56. The van der Waals surface area contributed by atoms with Gasteiger partial charge in [0, 0.05) is 52.3 Å². The van der Waals surface area contributed by atoms with E-state index in [1.807, 2.05) is 13.8 Å². The number of hydrogen-bond donors (Lipinski definition) is 2. The number of hydrogen-bond acceptors (Lipinski definition) is 8. The number of piperazine rings is 1. The van der Waals surface area contributed by atoms with Crippen molar-refractivity contribution in [3.63, 3.8) is 0 Å². The lowest BCUT2D eigenvalue weighted by Crippen LogP contribution is -2.71. The van der Waals surface area contributed by atoms with Crippen molar-refractivity contribution >= 4 is 5.91 Å². The molecule has 162 valence electrons. The molecule has 0 spiro atoms. The number of ether oxygens (including phenoxy) is 3. The van der Waals surface area contributed by atoms with E-state index in [2.05, 4.69) is 15.1 Å². The van der Waals surface area contributed by atoms with Crippen LogP contribution in [0.2, 0.25) is 0 Å². The third-order valence-electron chi connectivity index (χ3n) is 5.63. The Balaban J connectivity index is 1.92. The van der Waals surface area contributed by atoms with Crippen molar-refractivity contribution in [3.05, 3.63) is 0 Å². The van der Waals surface area contributed by atoms with Crippen LogP contribution in [-0.4, -0.2) is 110 Å². The number of aliphatic hydroxyl groups is 1. The van der Waals surface area contributed by atoms with Gasteiger partial charge in [0.2, 0.25) is 5.91 Å². The number of carbonyl (C=O) groups excluding carboxylic acids is 1. The first-order valence-electron chi connectivity index (χ1n) is 10.7. The monoisotopic (exact) mass is 400 g/mol. The van der Waals surface area contributed by atoms with Gasteiger partial charge < -0.3 is 29.5 Å². The van der Waals surface area contributed by atoms with Gasteiger partial charge in [-0.3, -0.25) is 14.6 Å². The summed E-state index contributed by atoms with van der Waals surface area (Å²) in [5.74, 6) is -1.83. The zero-order valence-corrected chi connectivity index (χ0v) is 17.3. The first-order valence-corrected chi connectivity index (χ1v) is 10.7. The Hall–Kier alpha value is -0.810. The van der Waals surface area contributed by atoms with Crippen molar-refractivity contribution in [2.24, 2.45) is 0 Å². The van der Waals surface area contributed by atoms with Gasteiger partial charge in [0.05, 0.1) is 26.0 Å². The van der Waals surface area contributed by atoms with Gasteiger partial charge in [-0.1, -0.05) is 6.92 Å². The molecular formula is C19H36N4O5. The van der Waals surface area contributed by atoms with E-state index in [-0.39, 0.29) is 12.1 Å². The molecule has 0 aromatic heterocycles. The Morgan fingerprint density at radius 2 is 2.04 bits per heavy atom. The number of carbonyl (C=O) groups is 1. The van der Waals surface area contributed by atoms with Gasteiger partial charge in [-0.05, 0) is 19.8 Å². The SMILES string of the molecule is CCCOC(O)(OCC)C(N1CCCC1=O)N1CCOCC1N1CCNCC1. The highest BCUT2D eigenvalue weighted by atomic mass is 16.8. The van der Waals surface area contributed by atoms with E-state index < -0.39 is 12.1 Å². The number of nitrogens with one attached hydrogen (secondary N) is 1.